The molecule has 0 aliphatic carbocycles. The zero-order valence-electron chi connectivity index (χ0n) is 14.7. The minimum absolute atomic E-state index is 0.143. The lowest BCUT2D eigenvalue weighted by molar-refractivity contribution is -0.384. The first-order valence-electron chi connectivity index (χ1n) is 8.40. The van der Waals surface area contributed by atoms with E-state index in [1.807, 2.05) is 6.07 Å². The van der Waals surface area contributed by atoms with E-state index >= 15 is 0 Å². The SMILES string of the molecule is CC(=O)c1ccc(NCc2cccc(N3CCCS3(=O)=O)c2)c([N+](=O)[O-])c1. The van der Waals surface area contributed by atoms with Crippen molar-refractivity contribution in [3.63, 3.8) is 0 Å². The average molecular weight is 389 g/mol. The van der Waals surface area contributed by atoms with E-state index in [1.54, 1.807) is 18.2 Å². The van der Waals surface area contributed by atoms with E-state index in [4.69, 9.17) is 0 Å². The van der Waals surface area contributed by atoms with Gasteiger partial charge in [-0.1, -0.05) is 12.1 Å². The highest BCUT2D eigenvalue weighted by atomic mass is 32.2. The lowest BCUT2D eigenvalue weighted by atomic mass is 10.1. The first-order chi connectivity index (χ1) is 12.8. The van der Waals surface area contributed by atoms with Gasteiger partial charge in [0.2, 0.25) is 10.0 Å². The first-order valence-corrected chi connectivity index (χ1v) is 10.0. The quantitative estimate of drug-likeness (QED) is 0.462. The molecule has 0 radical (unpaired) electrons. The van der Waals surface area contributed by atoms with Gasteiger partial charge in [-0.05, 0) is 43.2 Å². The van der Waals surface area contributed by atoms with Crippen LogP contribution >= 0.6 is 0 Å². The van der Waals surface area contributed by atoms with Crippen molar-refractivity contribution in [3.8, 4) is 0 Å². The number of hydrogen-bond acceptors (Lipinski definition) is 6. The number of carbonyl (C=O) groups is 1. The van der Waals surface area contributed by atoms with Gasteiger partial charge >= 0.3 is 0 Å². The molecule has 27 heavy (non-hydrogen) atoms. The van der Waals surface area contributed by atoms with Crippen molar-refractivity contribution >= 4 is 32.9 Å². The van der Waals surface area contributed by atoms with E-state index < -0.39 is 14.9 Å². The highest BCUT2D eigenvalue weighted by Gasteiger charge is 2.28. The van der Waals surface area contributed by atoms with E-state index in [9.17, 15) is 23.3 Å². The Balaban J connectivity index is 1.80. The van der Waals surface area contributed by atoms with Gasteiger partial charge in [-0.2, -0.15) is 0 Å². The second-order valence-electron chi connectivity index (χ2n) is 6.31. The number of ketones is 1. The maximum absolute atomic E-state index is 12.1. The predicted molar refractivity (Wildman–Crippen MR) is 103 cm³/mol. The Bertz CT molecular complexity index is 1000. The van der Waals surface area contributed by atoms with Crippen molar-refractivity contribution in [2.45, 2.75) is 19.9 Å². The average Bonchev–Trinajstić information content (AvgIpc) is 2.99. The number of Topliss-reactive ketones (excluding diaryl/α,β-unsaturated/α-hetero) is 1. The van der Waals surface area contributed by atoms with E-state index in [0.29, 0.717) is 24.3 Å². The monoisotopic (exact) mass is 389 g/mol. The lowest BCUT2D eigenvalue weighted by Crippen LogP contribution is -2.25. The number of rotatable bonds is 6. The number of hydrogen-bond donors (Lipinski definition) is 1. The van der Waals surface area contributed by atoms with Crippen LogP contribution in [0.25, 0.3) is 0 Å². The number of carbonyl (C=O) groups excluding carboxylic acids is 1. The molecule has 8 nitrogen and oxygen atoms in total. The third kappa shape index (κ3) is 4.08. The molecule has 0 spiro atoms. The molecule has 1 heterocycles. The predicted octanol–water partition coefficient (Wildman–Crippen LogP) is 2.95. The Labute approximate surface area is 157 Å². The summed E-state index contributed by atoms with van der Waals surface area (Å²) in [6.45, 7) is 2.09. The number of benzene rings is 2. The molecule has 0 atom stereocenters. The van der Waals surface area contributed by atoms with Gasteiger partial charge in [0.05, 0.1) is 16.4 Å². The normalized spacial score (nSPS) is 15.5. The van der Waals surface area contributed by atoms with Gasteiger partial charge in [-0.3, -0.25) is 19.2 Å². The van der Waals surface area contributed by atoms with Gasteiger partial charge in [-0.15, -0.1) is 0 Å². The number of anilines is 2. The fraction of sp³-hybridized carbons (Fsp3) is 0.278. The third-order valence-corrected chi connectivity index (χ3v) is 6.25. The fourth-order valence-electron chi connectivity index (χ4n) is 3.00. The molecule has 1 aliphatic heterocycles. The third-order valence-electron chi connectivity index (χ3n) is 4.38. The van der Waals surface area contributed by atoms with Crippen LogP contribution < -0.4 is 9.62 Å². The first kappa shape index (κ1) is 18.8. The molecule has 3 rings (SSSR count). The molecule has 0 aromatic heterocycles. The summed E-state index contributed by atoms with van der Waals surface area (Å²) in [5.74, 6) is -0.103. The Morgan fingerprint density at radius 3 is 2.67 bits per heavy atom. The highest BCUT2D eigenvalue weighted by molar-refractivity contribution is 7.93. The molecular formula is C18H19N3O5S. The Morgan fingerprint density at radius 2 is 2.04 bits per heavy atom. The summed E-state index contributed by atoms with van der Waals surface area (Å²) in [6.07, 6.45) is 0.597. The minimum atomic E-state index is -3.26. The van der Waals surface area contributed by atoms with E-state index in [2.05, 4.69) is 5.32 Å². The van der Waals surface area contributed by atoms with Crippen molar-refractivity contribution in [3.05, 3.63) is 63.7 Å². The van der Waals surface area contributed by atoms with Crippen LogP contribution in [0, 0.1) is 10.1 Å². The Morgan fingerprint density at radius 1 is 1.26 bits per heavy atom. The molecule has 0 saturated carbocycles. The highest BCUT2D eigenvalue weighted by Crippen LogP contribution is 2.28. The van der Waals surface area contributed by atoms with Gasteiger partial charge in [0.15, 0.2) is 5.78 Å². The number of sulfonamides is 1. The van der Waals surface area contributed by atoms with E-state index in [-0.39, 0.29) is 29.3 Å². The molecule has 1 saturated heterocycles. The van der Waals surface area contributed by atoms with Crippen molar-refractivity contribution < 1.29 is 18.1 Å². The Hall–Kier alpha value is -2.94. The summed E-state index contributed by atoms with van der Waals surface area (Å²) in [5, 5.41) is 14.3. The van der Waals surface area contributed by atoms with Gasteiger partial charge in [0.25, 0.3) is 5.69 Å². The zero-order valence-corrected chi connectivity index (χ0v) is 15.5. The van der Waals surface area contributed by atoms with Crippen LogP contribution in [0.3, 0.4) is 0 Å². The molecule has 0 unspecified atom stereocenters. The summed E-state index contributed by atoms with van der Waals surface area (Å²) >= 11 is 0. The van der Waals surface area contributed by atoms with Crippen molar-refractivity contribution in [2.75, 3.05) is 21.9 Å². The molecule has 2 aromatic carbocycles. The van der Waals surface area contributed by atoms with Gasteiger partial charge in [0, 0.05) is 24.7 Å². The maximum atomic E-state index is 12.1. The Kier molecular flexibility index (Phi) is 5.13. The van der Waals surface area contributed by atoms with Crippen LogP contribution in [0.2, 0.25) is 0 Å². The minimum Gasteiger partial charge on any atom is -0.375 e. The summed E-state index contributed by atoms with van der Waals surface area (Å²) < 4.78 is 25.5. The smallest absolute Gasteiger partial charge is 0.293 e. The molecule has 9 heteroatoms. The number of nitrogens with one attached hydrogen (secondary N) is 1. The van der Waals surface area contributed by atoms with Gasteiger partial charge in [-0.25, -0.2) is 8.42 Å². The van der Waals surface area contributed by atoms with E-state index in [1.165, 1.54) is 29.4 Å². The van der Waals surface area contributed by atoms with Crippen LogP contribution in [0.5, 0.6) is 0 Å². The standard InChI is InChI=1S/C18H19N3O5S/c1-13(22)15-6-7-17(18(11-15)21(23)24)19-12-14-4-2-5-16(10-14)20-8-3-9-27(20,25)26/h2,4-7,10-11,19H,3,8-9,12H2,1H3. The van der Waals surface area contributed by atoms with Crippen LogP contribution in [0.15, 0.2) is 42.5 Å². The topological polar surface area (TPSA) is 110 Å². The summed E-state index contributed by atoms with van der Waals surface area (Å²) in [4.78, 5) is 22.2. The number of nitro benzene ring substituents is 1. The van der Waals surface area contributed by atoms with Crippen LogP contribution in [-0.2, 0) is 16.6 Å². The van der Waals surface area contributed by atoms with E-state index in [0.717, 1.165) is 5.56 Å². The largest absolute Gasteiger partial charge is 0.375 e. The number of nitro groups is 1. The van der Waals surface area contributed by atoms with Crippen molar-refractivity contribution in [1.29, 1.82) is 0 Å². The van der Waals surface area contributed by atoms with Crippen LogP contribution in [0.4, 0.5) is 17.1 Å². The second-order valence-corrected chi connectivity index (χ2v) is 8.32. The molecule has 0 bridgehead atoms. The fourth-order valence-corrected chi connectivity index (χ4v) is 4.56. The molecule has 1 fully saturated rings. The van der Waals surface area contributed by atoms with Crippen LogP contribution in [-0.4, -0.2) is 31.4 Å². The van der Waals surface area contributed by atoms with Gasteiger partial charge in [0.1, 0.15) is 5.69 Å². The second kappa shape index (κ2) is 7.36. The van der Waals surface area contributed by atoms with Crippen molar-refractivity contribution in [1.82, 2.24) is 0 Å². The molecule has 0 amide bonds. The summed E-state index contributed by atoms with van der Waals surface area (Å²) in [5.41, 5.74) is 1.77. The summed E-state index contributed by atoms with van der Waals surface area (Å²) in [7, 11) is -3.26. The molecule has 142 valence electrons. The maximum Gasteiger partial charge on any atom is 0.293 e. The van der Waals surface area contributed by atoms with Crippen molar-refractivity contribution in [2.24, 2.45) is 0 Å². The lowest BCUT2D eigenvalue weighted by Gasteiger charge is -2.18. The zero-order chi connectivity index (χ0) is 19.6. The van der Waals surface area contributed by atoms with Crippen LogP contribution in [0.1, 0.15) is 29.3 Å². The molecular weight excluding hydrogens is 370 g/mol. The molecule has 1 aliphatic rings. The molecule has 1 N–H and O–H groups in total. The summed E-state index contributed by atoms with van der Waals surface area (Å²) in [6, 6.07) is 11.3. The van der Waals surface area contributed by atoms with Gasteiger partial charge < -0.3 is 5.32 Å². The molecule has 2 aromatic rings. The number of nitrogens with zero attached hydrogens (tertiary/aromatic N) is 2.